The van der Waals surface area contributed by atoms with Gasteiger partial charge < -0.3 is 20.3 Å². The van der Waals surface area contributed by atoms with E-state index in [0.29, 0.717) is 11.4 Å². The van der Waals surface area contributed by atoms with Crippen LogP contribution in [-0.4, -0.2) is 15.2 Å². The lowest BCUT2D eigenvalue weighted by Crippen LogP contribution is -1.83. The van der Waals surface area contributed by atoms with Crippen LogP contribution in [0, 0.1) is 0 Å². The molecule has 0 aliphatic heterocycles. The third-order valence-corrected chi connectivity index (χ3v) is 2.51. The third-order valence-electron chi connectivity index (χ3n) is 2.51. The summed E-state index contributed by atoms with van der Waals surface area (Å²) in [6, 6.07) is 5.07. The van der Waals surface area contributed by atoms with Gasteiger partial charge in [0, 0.05) is 28.7 Å². The van der Waals surface area contributed by atoms with E-state index in [-0.39, 0.29) is 5.75 Å². The van der Waals surface area contributed by atoms with Crippen LogP contribution in [0.15, 0.2) is 35.1 Å². The summed E-state index contributed by atoms with van der Waals surface area (Å²) in [6.45, 7) is 0. The van der Waals surface area contributed by atoms with Gasteiger partial charge in [0.2, 0.25) is 0 Å². The van der Waals surface area contributed by atoms with Gasteiger partial charge in [-0.2, -0.15) is 0 Å². The number of H-pyrrole nitrogens is 1. The van der Waals surface area contributed by atoms with Crippen molar-refractivity contribution in [2.24, 2.45) is 0 Å². The first-order valence-electron chi connectivity index (χ1n) is 4.76. The summed E-state index contributed by atoms with van der Waals surface area (Å²) in [5.41, 5.74) is 7.89. The number of aromatic hydroxyl groups is 1. The maximum atomic E-state index is 9.34. The van der Waals surface area contributed by atoms with E-state index < -0.39 is 0 Å². The second kappa shape index (κ2) is 3.03. The molecule has 0 unspecified atom stereocenters. The van der Waals surface area contributed by atoms with Crippen molar-refractivity contribution in [3.63, 3.8) is 0 Å². The Kier molecular flexibility index (Phi) is 1.67. The minimum Gasteiger partial charge on any atom is -0.508 e. The highest BCUT2D eigenvalue weighted by atomic mass is 16.5. The molecule has 2 heterocycles. The third kappa shape index (κ3) is 1.15. The summed E-state index contributed by atoms with van der Waals surface area (Å²) >= 11 is 0. The Labute approximate surface area is 90.5 Å². The minimum absolute atomic E-state index is 0.214. The molecule has 0 bridgehead atoms. The van der Waals surface area contributed by atoms with E-state index in [0.717, 1.165) is 16.5 Å². The zero-order valence-corrected chi connectivity index (χ0v) is 8.27. The number of nitrogens with two attached hydrogens (primary N) is 1. The predicted molar refractivity (Wildman–Crippen MR) is 59.9 cm³/mol. The summed E-state index contributed by atoms with van der Waals surface area (Å²) in [5.74, 6) is 0.753. The van der Waals surface area contributed by atoms with Crippen molar-refractivity contribution in [1.82, 2.24) is 10.1 Å². The number of phenolic OH excluding ortho intramolecular Hbond substituents is 1. The van der Waals surface area contributed by atoms with Gasteiger partial charge >= 0.3 is 0 Å². The smallest absolute Gasteiger partial charge is 0.191 e. The fourth-order valence-electron chi connectivity index (χ4n) is 1.75. The van der Waals surface area contributed by atoms with E-state index in [1.54, 1.807) is 24.4 Å². The van der Waals surface area contributed by atoms with E-state index in [4.69, 9.17) is 10.3 Å². The molecule has 4 N–H and O–H groups in total. The molecule has 0 radical (unpaired) electrons. The molecular formula is C11H9N3O2. The Morgan fingerprint density at radius 3 is 3.00 bits per heavy atom. The van der Waals surface area contributed by atoms with Gasteiger partial charge in [-0.15, -0.1) is 0 Å². The molecule has 1 aromatic carbocycles. The largest absolute Gasteiger partial charge is 0.508 e. The highest BCUT2D eigenvalue weighted by molar-refractivity contribution is 5.96. The maximum Gasteiger partial charge on any atom is 0.191 e. The highest BCUT2D eigenvalue weighted by Gasteiger charge is 2.13. The molecule has 2 aromatic heterocycles. The zero-order chi connectivity index (χ0) is 11.1. The lowest BCUT2D eigenvalue weighted by Gasteiger charge is -1.95. The number of benzene rings is 1. The van der Waals surface area contributed by atoms with Crippen LogP contribution in [-0.2, 0) is 0 Å². The van der Waals surface area contributed by atoms with Crippen LogP contribution in [0.5, 0.6) is 5.75 Å². The van der Waals surface area contributed by atoms with Crippen molar-refractivity contribution < 1.29 is 9.63 Å². The van der Waals surface area contributed by atoms with Gasteiger partial charge in [0.15, 0.2) is 5.76 Å². The highest BCUT2D eigenvalue weighted by Crippen LogP contribution is 2.33. The lowest BCUT2D eigenvalue weighted by atomic mass is 10.1. The zero-order valence-electron chi connectivity index (χ0n) is 8.27. The van der Waals surface area contributed by atoms with Crippen LogP contribution in [0.4, 0.5) is 5.69 Å². The van der Waals surface area contributed by atoms with Crippen molar-refractivity contribution in [1.29, 1.82) is 0 Å². The van der Waals surface area contributed by atoms with Gasteiger partial charge in [-0.05, 0) is 12.1 Å². The predicted octanol–water partition coefficient (Wildman–Crippen LogP) is 2.11. The molecule has 0 aliphatic rings. The Morgan fingerprint density at radius 2 is 2.25 bits per heavy atom. The van der Waals surface area contributed by atoms with E-state index in [9.17, 15) is 5.11 Å². The standard InChI is InChI=1S/C11H9N3O2/c12-9-5-14-16-11(9)8-4-13-10-3-6(15)1-2-7(8)10/h1-5,13,15H,12H2. The number of phenols is 1. The van der Waals surface area contributed by atoms with Gasteiger partial charge in [-0.25, -0.2) is 0 Å². The lowest BCUT2D eigenvalue weighted by molar-refractivity contribution is 0.433. The topological polar surface area (TPSA) is 88.1 Å². The summed E-state index contributed by atoms with van der Waals surface area (Å²) in [5, 5.41) is 13.9. The number of aromatic amines is 1. The van der Waals surface area contributed by atoms with Crippen molar-refractivity contribution in [2.45, 2.75) is 0 Å². The number of nitrogens with one attached hydrogen (secondary N) is 1. The average Bonchev–Trinajstić information content (AvgIpc) is 2.83. The van der Waals surface area contributed by atoms with E-state index in [1.807, 2.05) is 0 Å². The number of aromatic nitrogens is 2. The minimum atomic E-state index is 0.214. The van der Waals surface area contributed by atoms with Crippen molar-refractivity contribution in [3.8, 4) is 17.1 Å². The van der Waals surface area contributed by atoms with Crippen molar-refractivity contribution >= 4 is 16.6 Å². The van der Waals surface area contributed by atoms with Gasteiger partial charge in [0.05, 0.1) is 6.20 Å². The molecule has 0 saturated heterocycles. The summed E-state index contributed by atoms with van der Waals surface area (Å²) < 4.78 is 5.09. The quantitative estimate of drug-likeness (QED) is 0.580. The molecule has 3 aromatic rings. The normalized spacial score (nSPS) is 11.0. The first-order valence-corrected chi connectivity index (χ1v) is 4.76. The molecule has 5 heteroatoms. The van der Waals surface area contributed by atoms with Crippen LogP contribution in [0.2, 0.25) is 0 Å². The summed E-state index contributed by atoms with van der Waals surface area (Å²) in [4.78, 5) is 3.04. The molecule has 0 atom stereocenters. The van der Waals surface area contributed by atoms with Gasteiger partial charge in [0.1, 0.15) is 11.4 Å². The Hall–Kier alpha value is -2.43. The number of fused-ring (bicyclic) bond motifs is 1. The van der Waals surface area contributed by atoms with Crippen LogP contribution in [0.1, 0.15) is 0 Å². The molecule has 0 amide bonds. The molecule has 0 spiro atoms. The van der Waals surface area contributed by atoms with Gasteiger partial charge in [0.25, 0.3) is 0 Å². The number of nitrogen functional groups attached to an aromatic ring is 1. The molecule has 80 valence electrons. The summed E-state index contributed by atoms with van der Waals surface area (Å²) in [6.07, 6.45) is 3.25. The number of rotatable bonds is 1. The number of anilines is 1. The van der Waals surface area contributed by atoms with E-state index in [2.05, 4.69) is 10.1 Å². The van der Waals surface area contributed by atoms with Crippen LogP contribution in [0.3, 0.4) is 0 Å². The Bertz CT molecular complexity index is 654. The van der Waals surface area contributed by atoms with Gasteiger partial charge in [-0.1, -0.05) is 5.16 Å². The fourth-order valence-corrected chi connectivity index (χ4v) is 1.75. The fraction of sp³-hybridized carbons (Fsp3) is 0. The monoisotopic (exact) mass is 215 g/mol. The summed E-state index contributed by atoms with van der Waals surface area (Å²) in [7, 11) is 0. The van der Waals surface area contributed by atoms with Crippen molar-refractivity contribution in [3.05, 3.63) is 30.6 Å². The first kappa shape index (κ1) is 8.84. The maximum absolute atomic E-state index is 9.34. The number of hydrogen-bond donors (Lipinski definition) is 3. The number of nitrogens with zero attached hydrogens (tertiary/aromatic N) is 1. The second-order valence-electron chi connectivity index (χ2n) is 3.54. The molecule has 0 fully saturated rings. The van der Waals surface area contributed by atoms with E-state index >= 15 is 0 Å². The first-order chi connectivity index (χ1) is 7.75. The molecule has 16 heavy (non-hydrogen) atoms. The number of hydrogen-bond acceptors (Lipinski definition) is 4. The van der Waals surface area contributed by atoms with Crippen molar-refractivity contribution in [2.75, 3.05) is 5.73 Å². The molecule has 0 saturated carbocycles. The molecule has 0 aliphatic carbocycles. The Balaban J connectivity index is 2.30. The second-order valence-corrected chi connectivity index (χ2v) is 3.54. The SMILES string of the molecule is Nc1cnoc1-c1c[nH]c2cc(O)ccc12. The van der Waals surface area contributed by atoms with Crippen LogP contribution < -0.4 is 5.73 Å². The van der Waals surface area contributed by atoms with Crippen LogP contribution >= 0.6 is 0 Å². The molecule has 5 nitrogen and oxygen atoms in total. The molecular weight excluding hydrogens is 206 g/mol. The van der Waals surface area contributed by atoms with Gasteiger partial charge in [-0.3, -0.25) is 0 Å². The Morgan fingerprint density at radius 1 is 1.38 bits per heavy atom. The average molecular weight is 215 g/mol. The van der Waals surface area contributed by atoms with E-state index in [1.165, 1.54) is 6.20 Å². The molecule has 3 rings (SSSR count). The van der Waals surface area contributed by atoms with Crippen LogP contribution in [0.25, 0.3) is 22.2 Å².